The van der Waals surface area contributed by atoms with Crippen LogP contribution in [0.15, 0.2) is 42.5 Å². The number of H-pyrrole nitrogens is 1. The third-order valence-corrected chi connectivity index (χ3v) is 4.59. The van der Waals surface area contributed by atoms with Gasteiger partial charge in [0.05, 0.1) is 11.0 Å². The molecule has 3 aromatic rings. The van der Waals surface area contributed by atoms with E-state index in [1.807, 2.05) is 84.0 Å². The maximum Gasteiger partial charge on any atom is 0.224 e. The highest BCUT2D eigenvalue weighted by Crippen LogP contribution is 2.26. The van der Waals surface area contributed by atoms with E-state index in [1.54, 1.807) is 0 Å². The Hall–Kier alpha value is -3.15. The number of nitrogens with zero attached hydrogens (tertiary/aromatic N) is 1. The van der Waals surface area contributed by atoms with Crippen LogP contribution in [0.25, 0.3) is 22.4 Å². The standard InChI is InChI=1S/C25H32N4O2/c1-24(2,3)14-21(30)26-17-9-7-16(8-10-17)23-28-19-12-11-18(13-20(19)29-23)27-22(31)15-25(4,5)6/h7-13H,14-15H2,1-6H3,(H,26,30)(H,27,31)(H,28,29). The molecule has 2 aromatic carbocycles. The fourth-order valence-corrected chi connectivity index (χ4v) is 3.31. The maximum absolute atomic E-state index is 12.2. The van der Waals surface area contributed by atoms with E-state index in [-0.39, 0.29) is 22.6 Å². The van der Waals surface area contributed by atoms with Gasteiger partial charge in [-0.3, -0.25) is 9.59 Å². The number of hydrogen-bond acceptors (Lipinski definition) is 3. The summed E-state index contributed by atoms with van der Waals surface area (Å²) in [6.07, 6.45) is 0.921. The molecule has 0 aliphatic carbocycles. The molecule has 2 amide bonds. The number of anilines is 2. The van der Waals surface area contributed by atoms with Gasteiger partial charge in [-0.15, -0.1) is 0 Å². The number of aromatic amines is 1. The molecular weight excluding hydrogens is 388 g/mol. The Labute approximate surface area is 183 Å². The van der Waals surface area contributed by atoms with Gasteiger partial charge in [0.1, 0.15) is 5.82 Å². The first-order valence-corrected chi connectivity index (χ1v) is 10.6. The second-order valence-corrected chi connectivity index (χ2v) is 10.5. The summed E-state index contributed by atoms with van der Waals surface area (Å²) in [6, 6.07) is 13.3. The fourth-order valence-electron chi connectivity index (χ4n) is 3.31. The zero-order valence-electron chi connectivity index (χ0n) is 19.2. The Morgan fingerprint density at radius 1 is 0.806 bits per heavy atom. The number of nitrogens with one attached hydrogen (secondary N) is 3. The smallest absolute Gasteiger partial charge is 0.224 e. The van der Waals surface area contributed by atoms with E-state index in [0.29, 0.717) is 12.8 Å². The minimum Gasteiger partial charge on any atom is -0.338 e. The molecule has 0 atom stereocenters. The van der Waals surface area contributed by atoms with Crippen LogP contribution < -0.4 is 10.6 Å². The van der Waals surface area contributed by atoms with Gasteiger partial charge in [-0.25, -0.2) is 4.98 Å². The lowest BCUT2D eigenvalue weighted by atomic mass is 9.92. The lowest BCUT2D eigenvalue weighted by molar-refractivity contribution is -0.118. The normalized spacial score (nSPS) is 12.1. The molecular formula is C25H32N4O2. The molecule has 3 rings (SSSR count). The summed E-state index contributed by atoms with van der Waals surface area (Å²) >= 11 is 0. The zero-order chi connectivity index (χ0) is 22.8. The number of carbonyl (C=O) groups excluding carboxylic acids is 2. The first kappa shape index (κ1) is 22.5. The van der Waals surface area contributed by atoms with Crippen molar-refractivity contribution in [2.45, 2.75) is 54.4 Å². The third kappa shape index (κ3) is 6.67. The number of rotatable bonds is 5. The predicted octanol–water partition coefficient (Wildman–Crippen LogP) is 5.98. The molecule has 6 heteroatoms. The number of benzene rings is 2. The molecule has 0 aliphatic rings. The number of fused-ring (bicyclic) bond motifs is 1. The molecule has 0 bridgehead atoms. The summed E-state index contributed by atoms with van der Waals surface area (Å²) in [5, 5.41) is 5.89. The average Bonchev–Trinajstić information content (AvgIpc) is 3.02. The van der Waals surface area contributed by atoms with Gasteiger partial charge in [0, 0.05) is 29.8 Å². The first-order valence-electron chi connectivity index (χ1n) is 10.6. The SMILES string of the molecule is CC(C)(C)CC(=O)Nc1ccc(-c2nc3ccc(NC(=O)CC(C)(C)C)cc3[nH]2)cc1. The molecule has 3 N–H and O–H groups in total. The Morgan fingerprint density at radius 3 is 1.87 bits per heavy atom. The van der Waals surface area contributed by atoms with Crippen molar-refractivity contribution in [3.8, 4) is 11.4 Å². The fraction of sp³-hybridized carbons (Fsp3) is 0.400. The zero-order valence-corrected chi connectivity index (χ0v) is 19.2. The average molecular weight is 421 g/mol. The van der Waals surface area contributed by atoms with Crippen LogP contribution >= 0.6 is 0 Å². The van der Waals surface area contributed by atoms with E-state index in [0.717, 1.165) is 33.8 Å². The van der Waals surface area contributed by atoms with Gasteiger partial charge in [-0.1, -0.05) is 41.5 Å². The maximum atomic E-state index is 12.2. The third-order valence-electron chi connectivity index (χ3n) is 4.59. The number of amides is 2. The van der Waals surface area contributed by atoms with Crippen LogP contribution in [0.4, 0.5) is 11.4 Å². The van der Waals surface area contributed by atoms with E-state index < -0.39 is 0 Å². The molecule has 6 nitrogen and oxygen atoms in total. The van der Waals surface area contributed by atoms with Crippen molar-refractivity contribution in [2.75, 3.05) is 10.6 Å². The van der Waals surface area contributed by atoms with Gasteiger partial charge in [-0.2, -0.15) is 0 Å². The van der Waals surface area contributed by atoms with Crippen LogP contribution in [-0.2, 0) is 9.59 Å². The van der Waals surface area contributed by atoms with Crippen LogP contribution in [-0.4, -0.2) is 21.8 Å². The highest BCUT2D eigenvalue weighted by atomic mass is 16.2. The van der Waals surface area contributed by atoms with E-state index in [9.17, 15) is 9.59 Å². The van der Waals surface area contributed by atoms with Gasteiger partial charge < -0.3 is 15.6 Å². The van der Waals surface area contributed by atoms with Crippen LogP contribution in [0.1, 0.15) is 54.4 Å². The Bertz CT molecular complexity index is 1080. The van der Waals surface area contributed by atoms with E-state index in [1.165, 1.54) is 0 Å². The quantitative estimate of drug-likeness (QED) is 0.474. The van der Waals surface area contributed by atoms with Gasteiger partial charge in [-0.05, 0) is 53.3 Å². The number of hydrogen-bond donors (Lipinski definition) is 3. The molecule has 0 saturated heterocycles. The largest absolute Gasteiger partial charge is 0.338 e. The van der Waals surface area contributed by atoms with Crippen molar-refractivity contribution >= 4 is 34.2 Å². The van der Waals surface area contributed by atoms with Crippen molar-refractivity contribution in [1.82, 2.24) is 9.97 Å². The molecule has 31 heavy (non-hydrogen) atoms. The van der Waals surface area contributed by atoms with Crippen molar-refractivity contribution in [3.63, 3.8) is 0 Å². The minimum absolute atomic E-state index is 0.00400. The molecule has 1 heterocycles. The minimum atomic E-state index is -0.0618. The van der Waals surface area contributed by atoms with Crippen molar-refractivity contribution in [1.29, 1.82) is 0 Å². The first-order chi connectivity index (χ1) is 14.4. The Kier molecular flexibility index (Phi) is 6.20. The second kappa shape index (κ2) is 8.53. The highest BCUT2D eigenvalue weighted by Gasteiger charge is 2.17. The van der Waals surface area contributed by atoms with Crippen molar-refractivity contribution in [2.24, 2.45) is 10.8 Å². The van der Waals surface area contributed by atoms with Gasteiger partial charge in [0.25, 0.3) is 0 Å². The number of aromatic nitrogens is 2. The molecule has 0 saturated carbocycles. The van der Waals surface area contributed by atoms with Crippen LogP contribution in [0.3, 0.4) is 0 Å². The summed E-state index contributed by atoms with van der Waals surface area (Å²) < 4.78 is 0. The van der Waals surface area contributed by atoms with E-state index in [2.05, 4.69) is 20.6 Å². The molecule has 0 unspecified atom stereocenters. The van der Waals surface area contributed by atoms with Gasteiger partial charge >= 0.3 is 0 Å². The monoisotopic (exact) mass is 420 g/mol. The predicted molar refractivity (Wildman–Crippen MR) is 127 cm³/mol. The molecule has 1 aromatic heterocycles. The van der Waals surface area contributed by atoms with Gasteiger partial charge in [0.15, 0.2) is 0 Å². The Morgan fingerprint density at radius 2 is 1.32 bits per heavy atom. The molecule has 0 radical (unpaired) electrons. The lowest BCUT2D eigenvalue weighted by Crippen LogP contribution is -2.19. The molecule has 0 fully saturated rings. The van der Waals surface area contributed by atoms with Crippen molar-refractivity contribution < 1.29 is 9.59 Å². The van der Waals surface area contributed by atoms with Crippen LogP contribution in [0.5, 0.6) is 0 Å². The van der Waals surface area contributed by atoms with E-state index in [4.69, 9.17) is 0 Å². The Balaban J connectivity index is 1.71. The number of imidazole rings is 1. The summed E-state index contributed by atoms with van der Waals surface area (Å²) in [4.78, 5) is 32.3. The number of carbonyl (C=O) groups is 2. The molecule has 0 aliphatic heterocycles. The summed E-state index contributed by atoms with van der Waals surface area (Å²) in [6.45, 7) is 12.2. The van der Waals surface area contributed by atoms with Gasteiger partial charge in [0.2, 0.25) is 11.8 Å². The van der Waals surface area contributed by atoms with Crippen molar-refractivity contribution in [3.05, 3.63) is 42.5 Å². The molecule has 0 spiro atoms. The van der Waals surface area contributed by atoms with Crippen LogP contribution in [0, 0.1) is 10.8 Å². The summed E-state index contributed by atoms with van der Waals surface area (Å²) in [7, 11) is 0. The molecule has 164 valence electrons. The second-order valence-electron chi connectivity index (χ2n) is 10.5. The van der Waals surface area contributed by atoms with Crippen LogP contribution in [0.2, 0.25) is 0 Å². The topological polar surface area (TPSA) is 86.9 Å². The lowest BCUT2D eigenvalue weighted by Gasteiger charge is -2.17. The highest BCUT2D eigenvalue weighted by molar-refractivity contribution is 5.94. The summed E-state index contributed by atoms with van der Waals surface area (Å²) in [5.74, 6) is 0.737. The van der Waals surface area contributed by atoms with E-state index >= 15 is 0 Å². The summed E-state index contributed by atoms with van der Waals surface area (Å²) in [5.41, 5.74) is 3.99.